The molecule has 0 aliphatic carbocycles. The first-order chi connectivity index (χ1) is 21.8. The first-order valence-corrected chi connectivity index (χ1v) is 13.6. The lowest BCUT2D eigenvalue weighted by Gasteiger charge is -2.16. The number of allylic oxidation sites excluding steroid dienone is 2. The van der Waals surface area contributed by atoms with Gasteiger partial charge >= 0.3 is 24.1 Å². The van der Waals surface area contributed by atoms with E-state index in [4.69, 9.17) is 33.2 Å². The molecule has 0 heterocycles. The summed E-state index contributed by atoms with van der Waals surface area (Å²) in [6.07, 6.45) is -2.21. The van der Waals surface area contributed by atoms with Crippen LogP contribution in [0.2, 0.25) is 0 Å². The topological polar surface area (TPSA) is 116 Å². The fourth-order valence-electron chi connectivity index (χ4n) is 3.43. The molecule has 3 rings (SSSR count). The maximum Gasteiger partial charge on any atom is 0.420 e. The Balaban J connectivity index is 1.53. The summed E-state index contributed by atoms with van der Waals surface area (Å²) < 4.78 is 77.5. The van der Waals surface area contributed by atoms with Crippen molar-refractivity contribution in [3.63, 3.8) is 0 Å². The van der Waals surface area contributed by atoms with Gasteiger partial charge < -0.3 is 33.2 Å². The lowest BCUT2D eigenvalue weighted by atomic mass is 10.1. The Labute approximate surface area is 262 Å². The van der Waals surface area contributed by atoms with Crippen molar-refractivity contribution >= 4 is 17.9 Å². The molecule has 0 N–H and O–H groups in total. The van der Waals surface area contributed by atoms with Gasteiger partial charge in [-0.3, -0.25) is 0 Å². The molecular weight excluding hydrogens is 613 g/mol. The minimum atomic E-state index is -4.83. The molecule has 0 aliphatic rings. The van der Waals surface area contributed by atoms with Gasteiger partial charge in [-0.15, -0.1) is 0 Å². The third-order valence-corrected chi connectivity index (χ3v) is 5.49. The van der Waals surface area contributed by atoms with Crippen LogP contribution in [0.3, 0.4) is 0 Å². The number of esters is 3. The van der Waals surface area contributed by atoms with E-state index in [0.717, 1.165) is 23.3 Å². The van der Waals surface area contributed by atoms with Crippen LogP contribution in [0.5, 0.6) is 28.7 Å². The molecule has 0 amide bonds. The second-order valence-electron chi connectivity index (χ2n) is 9.84. The molecule has 0 atom stereocenters. The number of hydrogen-bond acceptors (Lipinski definition) is 10. The van der Waals surface area contributed by atoms with Crippen LogP contribution in [-0.4, -0.2) is 38.3 Å². The van der Waals surface area contributed by atoms with Crippen molar-refractivity contribution in [1.82, 2.24) is 0 Å². The molecule has 10 nitrogen and oxygen atoms in total. The van der Waals surface area contributed by atoms with E-state index in [1.165, 1.54) is 60.7 Å². The van der Waals surface area contributed by atoms with Gasteiger partial charge in [-0.25, -0.2) is 14.4 Å². The van der Waals surface area contributed by atoms with Gasteiger partial charge in [0.1, 0.15) is 34.3 Å². The van der Waals surface area contributed by atoms with E-state index in [9.17, 15) is 27.6 Å². The first kappa shape index (κ1) is 35.0. The molecule has 3 aromatic rings. The number of ether oxygens (including phenoxy) is 7. The lowest BCUT2D eigenvalue weighted by molar-refractivity contribution is -0.145. The second-order valence-corrected chi connectivity index (χ2v) is 9.84. The van der Waals surface area contributed by atoms with E-state index in [2.05, 4.69) is 0 Å². The molecule has 46 heavy (non-hydrogen) atoms. The van der Waals surface area contributed by atoms with Crippen molar-refractivity contribution in [1.29, 1.82) is 0 Å². The van der Waals surface area contributed by atoms with Crippen molar-refractivity contribution in [2.75, 3.05) is 20.4 Å². The summed E-state index contributed by atoms with van der Waals surface area (Å²) in [5.41, 5.74) is 0.395. The number of alkyl halides is 3. The molecule has 0 bridgehead atoms. The molecule has 244 valence electrons. The third kappa shape index (κ3) is 11.9. The molecule has 0 spiro atoms. The van der Waals surface area contributed by atoms with Gasteiger partial charge in [0, 0.05) is 12.2 Å². The fourth-order valence-corrected chi connectivity index (χ4v) is 3.43. The smallest absolute Gasteiger partial charge is 0.420 e. The predicted molar refractivity (Wildman–Crippen MR) is 157 cm³/mol. The lowest BCUT2D eigenvalue weighted by Crippen LogP contribution is -2.14. The highest BCUT2D eigenvalue weighted by atomic mass is 19.4. The molecule has 13 heteroatoms. The highest BCUT2D eigenvalue weighted by Gasteiger charge is 2.35. The van der Waals surface area contributed by atoms with Crippen molar-refractivity contribution < 1.29 is 60.7 Å². The van der Waals surface area contributed by atoms with Crippen LogP contribution in [0.25, 0.3) is 0 Å². The normalized spacial score (nSPS) is 10.6. The van der Waals surface area contributed by atoms with Gasteiger partial charge in [-0.05, 0) is 94.4 Å². The highest BCUT2D eigenvalue weighted by Crippen LogP contribution is 2.38. The van der Waals surface area contributed by atoms with Crippen molar-refractivity contribution in [3.05, 3.63) is 101 Å². The highest BCUT2D eigenvalue weighted by molar-refractivity contribution is 5.91. The van der Waals surface area contributed by atoms with Crippen molar-refractivity contribution in [2.45, 2.75) is 33.9 Å². The zero-order valence-electron chi connectivity index (χ0n) is 25.3. The van der Waals surface area contributed by atoms with Crippen LogP contribution < -0.4 is 23.7 Å². The van der Waals surface area contributed by atoms with Crippen LogP contribution in [0, 0.1) is 0 Å². The molecule has 0 aromatic heterocycles. The molecule has 0 radical (unpaired) electrons. The van der Waals surface area contributed by atoms with Crippen molar-refractivity contribution in [3.8, 4) is 28.7 Å². The quantitative estimate of drug-likeness (QED) is 0.0784. The molecule has 0 aliphatic heterocycles. The van der Waals surface area contributed by atoms with Crippen LogP contribution in [-0.2, 0) is 25.2 Å². The van der Waals surface area contributed by atoms with E-state index in [0.29, 0.717) is 11.8 Å². The fraction of sp³-hybridized carbons (Fsp3) is 0.242. The van der Waals surface area contributed by atoms with Crippen LogP contribution >= 0.6 is 0 Å². The van der Waals surface area contributed by atoms with Gasteiger partial charge in [0.25, 0.3) is 0 Å². The number of carbonyl (C=O) groups is 3. The van der Waals surface area contributed by atoms with Gasteiger partial charge in [-0.2, -0.15) is 13.2 Å². The third-order valence-electron chi connectivity index (χ3n) is 5.49. The monoisotopic (exact) mass is 644 g/mol. The summed E-state index contributed by atoms with van der Waals surface area (Å²) in [5.74, 6) is -2.01. The SMILES string of the molecule is CC(C)=CC(=O)OCOc1ccc(OCOc2ccc(OC(=O)c3ccc(OCOC(=O)C=C(C)C)cc3)cc2C(F)(F)F)cc1. The molecule has 0 unspecified atom stereocenters. The second kappa shape index (κ2) is 16.6. The molecular formula is C33H31F3O10. The van der Waals surface area contributed by atoms with Gasteiger partial charge in [0.2, 0.25) is 20.4 Å². The van der Waals surface area contributed by atoms with E-state index in [1.54, 1.807) is 27.7 Å². The summed E-state index contributed by atoms with van der Waals surface area (Å²) in [7, 11) is 0. The zero-order chi connectivity index (χ0) is 33.7. The number of halogens is 3. The minimum absolute atomic E-state index is 0.0392. The van der Waals surface area contributed by atoms with E-state index in [1.807, 2.05) is 0 Å². The van der Waals surface area contributed by atoms with Gasteiger partial charge in [0.05, 0.1) is 5.56 Å². The van der Waals surface area contributed by atoms with E-state index >= 15 is 0 Å². The minimum Gasteiger partial charge on any atom is -0.457 e. The Morgan fingerprint density at radius 3 is 1.50 bits per heavy atom. The largest absolute Gasteiger partial charge is 0.457 e. The number of hydrogen-bond donors (Lipinski definition) is 0. The van der Waals surface area contributed by atoms with Gasteiger partial charge in [-0.1, -0.05) is 11.1 Å². The maximum atomic E-state index is 13.8. The number of rotatable bonds is 14. The molecule has 0 saturated carbocycles. The van der Waals surface area contributed by atoms with E-state index in [-0.39, 0.29) is 36.4 Å². The molecule has 0 fully saturated rings. The summed E-state index contributed by atoms with van der Waals surface area (Å²) in [6, 6.07) is 14.3. The van der Waals surface area contributed by atoms with Gasteiger partial charge in [0.15, 0.2) is 0 Å². The summed E-state index contributed by atoms with van der Waals surface area (Å²) in [4.78, 5) is 35.6. The predicted octanol–water partition coefficient (Wildman–Crippen LogP) is 7.03. The maximum absolute atomic E-state index is 13.8. The average molecular weight is 645 g/mol. The van der Waals surface area contributed by atoms with Crippen LogP contribution in [0.15, 0.2) is 90.0 Å². The number of carbonyl (C=O) groups excluding carboxylic acids is 3. The van der Waals surface area contributed by atoms with Crippen molar-refractivity contribution in [2.24, 2.45) is 0 Å². The Morgan fingerprint density at radius 2 is 1.04 bits per heavy atom. The van der Waals surface area contributed by atoms with Crippen LogP contribution in [0.1, 0.15) is 43.6 Å². The Kier molecular flexibility index (Phi) is 12.6. The Hall–Kier alpha value is -5.46. The summed E-state index contributed by atoms with van der Waals surface area (Å²) >= 11 is 0. The number of benzene rings is 3. The molecule has 3 aromatic carbocycles. The first-order valence-electron chi connectivity index (χ1n) is 13.6. The Bertz CT molecular complexity index is 1550. The zero-order valence-corrected chi connectivity index (χ0v) is 25.3. The standard InChI is InChI=1S/C33H31F3O10/c1-21(2)15-30(37)44-19-41-24-7-5-23(6-8-24)32(39)46-27-13-14-29(28(17-27)33(34,35)36)43-18-40-25-9-11-26(12-10-25)42-20-45-31(38)16-22(3)4/h5-17H,18-20H2,1-4H3. The van der Waals surface area contributed by atoms with Crippen LogP contribution in [0.4, 0.5) is 13.2 Å². The summed E-state index contributed by atoms with van der Waals surface area (Å²) in [6.45, 7) is 5.74. The van der Waals surface area contributed by atoms with E-state index < -0.39 is 42.2 Å². The Morgan fingerprint density at radius 1 is 0.609 bits per heavy atom. The summed E-state index contributed by atoms with van der Waals surface area (Å²) in [5, 5.41) is 0. The molecule has 0 saturated heterocycles. The average Bonchev–Trinajstić information content (AvgIpc) is 2.97.